The molecule has 1 amide bonds. The standard InChI is InChI=1S/C25H33ClN2O3/c1-3-4-5-6-7-8-9-10-25(29)28-27-18-21-13-16-23(24(17-21)30-2)31-19-20-11-14-22(26)15-12-20/h11-18H,3-10,19H2,1-2H3,(H,28,29). The van der Waals surface area contributed by atoms with Crippen molar-refractivity contribution < 1.29 is 14.3 Å². The van der Waals surface area contributed by atoms with E-state index in [2.05, 4.69) is 17.5 Å². The first-order valence-electron chi connectivity index (χ1n) is 11.0. The van der Waals surface area contributed by atoms with Gasteiger partial charge in [-0.1, -0.05) is 69.2 Å². The minimum atomic E-state index is -0.0558. The van der Waals surface area contributed by atoms with Crippen molar-refractivity contribution in [3.05, 3.63) is 58.6 Å². The van der Waals surface area contributed by atoms with Crippen molar-refractivity contribution >= 4 is 23.7 Å². The van der Waals surface area contributed by atoms with Crippen LogP contribution in [0.5, 0.6) is 11.5 Å². The molecule has 31 heavy (non-hydrogen) atoms. The maximum absolute atomic E-state index is 11.9. The summed E-state index contributed by atoms with van der Waals surface area (Å²) in [5.41, 5.74) is 4.42. The predicted molar refractivity (Wildman–Crippen MR) is 127 cm³/mol. The quantitative estimate of drug-likeness (QED) is 0.205. The minimum Gasteiger partial charge on any atom is -0.493 e. The van der Waals surface area contributed by atoms with Crippen molar-refractivity contribution in [2.75, 3.05) is 7.11 Å². The molecular formula is C25H33ClN2O3. The van der Waals surface area contributed by atoms with E-state index in [1.54, 1.807) is 13.3 Å². The Bertz CT molecular complexity index is 822. The number of unbranched alkanes of at least 4 members (excludes halogenated alkanes) is 6. The first kappa shape index (κ1) is 24.7. The minimum absolute atomic E-state index is 0.0558. The Balaban J connectivity index is 1.75. The van der Waals surface area contributed by atoms with Crippen molar-refractivity contribution in [2.45, 2.75) is 64.9 Å². The predicted octanol–water partition coefficient (Wildman–Crippen LogP) is 6.52. The van der Waals surface area contributed by atoms with Gasteiger partial charge in [0.05, 0.1) is 13.3 Å². The van der Waals surface area contributed by atoms with Gasteiger partial charge in [-0.05, 0) is 47.9 Å². The van der Waals surface area contributed by atoms with Crippen LogP contribution in [0.25, 0.3) is 0 Å². The molecule has 0 atom stereocenters. The molecule has 0 unspecified atom stereocenters. The normalized spacial score (nSPS) is 10.9. The van der Waals surface area contributed by atoms with Crippen LogP contribution in [0.15, 0.2) is 47.6 Å². The molecule has 1 N–H and O–H groups in total. The van der Waals surface area contributed by atoms with E-state index in [1.165, 1.54) is 32.1 Å². The number of methoxy groups -OCH3 is 1. The van der Waals surface area contributed by atoms with E-state index in [4.69, 9.17) is 21.1 Å². The maximum atomic E-state index is 11.9. The molecule has 2 aromatic carbocycles. The van der Waals surface area contributed by atoms with Crippen LogP contribution in [0.4, 0.5) is 0 Å². The molecule has 6 heteroatoms. The fourth-order valence-electron chi connectivity index (χ4n) is 3.10. The van der Waals surface area contributed by atoms with Crippen LogP contribution in [0, 0.1) is 0 Å². The Morgan fingerprint density at radius 1 is 1.00 bits per heavy atom. The van der Waals surface area contributed by atoms with Crippen LogP contribution in [-0.4, -0.2) is 19.2 Å². The number of hydrazone groups is 1. The van der Waals surface area contributed by atoms with Gasteiger partial charge in [-0.2, -0.15) is 5.10 Å². The highest BCUT2D eigenvalue weighted by molar-refractivity contribution is 6.30. The lowest BCUT2D eigenvalue weighted by Gasteiger charge is -2.11. The van der Waals surface area contributed by atoms with Gasteiger partial charge < -0.3 is 9.47 Å². The van der Waals surface area contributed by atoms with Crippen molar-refractivity contribution in [1.29, 1.82) is 0 Å². The third-order valence-corrected chi connectivity index (χ3v) is 5.16. The molecule has 0 radical (unpaired) electrons. The Kier molecular flexibility index (Phi) is 11.5. The number of ether oxygens (including phenoxy) is 2. The molecule has 0 spiro atoms. The highest BCUT2D eigenvalue weighted by Crippen LogP contribution is 2.28. The monoisotopic (exact) mass is 444 g/mol. The van der Waals surface area contributed by atoms with E-state index in [-0.39, 0.29) is 5.91 Å². The summed E-state index contributed by atoms with van der Waals surface area (Å²) in [5.74, 6) is 1.18. The number of amides is 1. The second-order valence-electron chi connectivity index (χ2n) is 7.49. The zero-order valence-corrected chi connectivity index (χ0v) is 19.3. The largest absolute Gasteiger partial charge is 0.493 e. The average Bonchev–Trinajstić information content (AvgIpc) is 2.78. The molecule has 5 nitrogen and oxygen atoms in total. The number of halogens is 1. The van der Waals surface area contributed by atoms with Gasteiger partial charge in [0.15, 0.2) is 11.5 Å². The summed E-state index contributed by atoms with van der Waals surface area (Å²) in [6.45, 7) is 2.63. The number of benzene rings is 2. The van der Waals surface area contributed by atoms with Crippen molar-refractivity contribution in [2.24, 2.45) is 5.10 Å². The molecule has 0 aliphatic heterocycles. The average molecular weight is 445 g/mol. The third-order valence-electron chi connectivity index (χ3n) is 4.91. The van der Waals surface area contributed by atoms with Crippen molar-refractivity contribution in [3.8, 4) is 11.5 Å². The molecule has 2 rings (SSSR count). The van der Waals surface area contributed by atoms with E-state index in [0.717, 1.165) is 24.0 Å². The summed E-state index contributed by atoms with van der Waals surface area (Å²) >= 11 is 5.91. The summed E-state index contributed by atoms with van der Waals surface area (Å²) in [5, 5.41) is 4.75. The Morgan fingerprint density at radius 3 is 2.42 bits per heavy atom. The van der Waals surface area contributed by atoms with E-state index < -0.39 is 0 Å². The van der Waals surface area contributed by atoms with E-state index in [1.807, 2.05) is 42.5 Å². The van der Waals surface area contributed by atoms with E-state index >= 15 is 0 Å². The van der Waals surface area contributed by atoms with Crippen LogP contribution in [0.2, 0.25) is 5.02 Å². The van der Waals surface area contributed by atoms with Gasteiger partial charge in [-0.15, -0.1) is 0 Å². The summed E-state index contributed by atoms with van der Waals surface area (Å²) < 4.78 is 11.3. The number of hydrogen-bond acceptors (Lipinski definition) is 4. The second-order valence-corrected chi connectivity index (χ2v) is 7.93. The number of hydrogen-bond donors (Lipinski definition) is 1. The van der Waals surface area contributed by atoms with Gasteiger partial charge in [-0.25, -0.2) is 5.43 Å². The van der Waals surface area contributed by atoms with Crippen molar-refractivity contribution in [3.63, 3.8) is 0 Å². The van der Waals surface area contributed by atoms with Gasteiger partial charge in [0, 0.05) is 11.4 Å². The lowest BCUT2D eigenvalue weighted by atomic mass is 10.1. The number of rotatable bonds is 14. The summed E-state index contributed by atoms with van der Waals surface area (Å²) in [6, 6.07) is 13.0. The molecule has 0 heterocycles. The zero-order valence-electron chi connectivity index (χ0n) is 18.5. The number of nitrogens with one attached hydrogen (secondary N) is 1. The Morgan fingerprint density at radius 2 is 1.71 bits per heavy atom. The van der Waals surface area contributed by atoms with Gasteiger partial charge in [-0.3, -0.25) is 4.79 Å². The summed E-state index contributed by atoms with van der Waals surface area (Å²) in [7, 11) is 1.59. The molecule has 0 aliphatic carbocycles. The van der Waals surface area contributed by atoms with E-state index in [0.29, 0.717) is 29.5 Å². The lowest BCUT2D eigenvalue weighted by Crippen LogP contribution is -2.16. The highest BCUT2D eigenvalue weighted by atomic mass is 35.5. The summed E-state index contributed by atoms with van der Waals surface area (Å²) in [4.78, 5) is 11.9. The van der Waals surface area contributed by atoms with Crippen molar-refractivity contribution in [1.82, 2.24) is 5.43 Å². The fraction of sp³-hybridized carbons (Fsp3) is 0.440. The highest BCUT2D eigenvalue weighted by Gasteiger charge is 2.06. The number of carbonyl (C=O) groups excluding carboxylic acids is 1. The van der Waals surface area contributed by atoms with Gasteiger partial charge in [0.25, 0.3) is 0 Å². The maximum Gasteiger partial charge on any atom is 0.240 e. The fourth-order valence-corrected chi connectivity index (χ4v) is 3.23. The molecule has 0 saturated carbocycles. The number of carbonyl (C=O) groups is 1. The Labute approximate surface area is 190 Å². The van der Waals surface area contributed by atoms with Crippen LogP contribution in [0.3, 0.4) is 0 Å². The molecule has 168 valence electrons. The Hall–Kier alpha value is -2.53. The van der Waals surface area contributed by atoms with Gasteiger partial charge in [0.1, 0.15) is 6.61 Å². The smallest absolute Gasteiger partial charge is 0.240 e. The molecule has 2 aromatic rings. The first-order chi connectivity index (χ1) is 15.1. The second kappa shape index (κ2) is 14.5. The zero-order chi connectivity index (χ0) is 22.3. The molecule has 0 aliphatic rings. The number of nitrogens with zero attached hydrogens (tertiary/aromatic N) is 1. The first-order valence-corrected chi connectivity index (χ1v) is 11.4. The van der Waals surface area contributed by atoms with Crippen LogP contribution < -0.4 is 14.9 Å². The molecule has 0 aromatic heterocycles. The van der Waals surface area contributed by atoms with Crippen LogP contribution in [0.1, 0.15) is 69.4 Å². The molecule has 0 bridgehead atoms. The summed E-state index contributed by atoms with van der Waals surface area (Å²) in [6.07, 6.45) is 10.4. The molecule has 0 fully saturated rings. The van der Waals surface area contributed by atoms with Gasteiger partial charge >= 0.3 is 0 Å². The SMILES string of the molecule is CCCCCCCCCC(=O)NN=Cc1ccc(OCc2ccc(Cl)cc2)c(OC)c1. The van der Waals surface area contributed by atoms with E-state index in [9.17, 15) is 4.79 Å². The molecular weight excluding hydrogens is 412 g/mol. The lowest BCUT2D eigenvalue weighted by molar-refractivity contribution is -0.121. The third kappa shape index (κ3) is 9.88. The van der Waals surface area contributed by atoms with Gasteiger partial charge in [0.2, 0.25) is 5.91 Å². The molecule has 0 saturated heterocycles. The van der Waals surface area contributed by atoms with Crippen LogP contribution >= 0.6 is 11.6 Å². The van der Waals surface area contributed by atoms with Crippen LogP contribution in [-0.2, 0) is 11.4 Å². The topological polar surface area (TPSA) is 59.9 Å².